The van der Waals surface area contributed by atoms with Gasteiger partial charge < -0.3 is 2.85 Å². The normalized spacial score (nSPS) is 11.2. The van der Waals surface area contributed by atoms with Crippen molar-refractivity contribution in [3.05, 3.63) is 0 Å². The molecule has 0 atom stereocenters. The van der Waals surface area contributed by atoms with Crippen LogP contribution in [0.1, 0.15) is 9.27 Å². The van der Waals surface area contributed by atoms with Gasteiger partial charge in [-0.1, -0.05) is 0 Å². The van der Waals surface area contributed by atoms with Crippen molar-refractivity contribution in [2.24, 2.45) is 0 Å². The molecule has 0 aliphatic rings. The molecule has 0 aliphatic heterocycles. The zero-order valence-electron chi connectivity index (χ0n) is 9.47. The summed E-state index contributed by atoms with van der Waals surface area (Å²) in [5.41, 5.74) is 0. The average Bonchev–Trinajstić information content (AvgIpc) is 1.55. The van der Waals surface area contributed by atoms with Crippen molar-refractivity contribution in [1.29, 1.82) is 0 Å². The molecule has 2 N–H and O–H groups in total. The van der Waals surface area contributed by atoms with Crippen molar-refractivity contribution in [3.63, 3.8) is 0 Å². The molecule has 0 radical (unpaired) electrons. The first-order valence-electron chi connectivity index (χ1n) is 2.61. The van der Waals surface area contributed by atoms with Crippen LogP contribution in [-0.2, 0) is 20.2 Å². The molecule has 0 fully saturated rings. The van der Waals surface area contributed by atoms with Gasteiger partial charge in [-0.15, -0.1) is 0 Å². The molecule has 0 unspecified atom stereocenters. The van der Waals surface area contributed by atoms with E-state index in [4.69, 9.17) is 9.11 Å². The summed E-state index contributed by atoms with van der Waals surface area (Å²) in [5.74, 6) is -1.32. The first-order valence-corrected chi connectivity index (χ1v) is 5.83. The van der Waals surface area contributed by atoms with Crippen LogP contribution in [0.3, 0.4) is 0 Å². The predicted molar refractivity (Wildman–Crippen MR) is 39.7 cm³/mol. The van der Waals surface area contributed by atoms with Gasteiger partial charge >= 0.3 is 37.7 Å². The first-order chi connectivity index (χ1) is 4.71. The van der Waals surface area contributed by atoms with Gasteiger partial charge in [0, 0.05) is 0 Å². The van der Waals surface area contributed by atoms with Gasteiger partial charge in [-0.2, -0.15) is 16.8 Å². The van der Waals surface area contributed by atoms with Gasteiger partial charge in [-0.05, 0) is 6.42 Å². The Morgan fingerprint density at radius 2 is 1.08 bits per heavy atom. The summed E-state index contributed by atoms with van der Waals surface area (Å²) in [7, 11) is -8.24. The fraction of sp³-hybridized carbons (Fsp3) is 1.00. The van der Waals surface area contributed by atoms with Gasteiger partial charge in [0.25, 0.3) is 20.2 Å². The van der Waals surface area contributed by atoms with E-state index < -0.39 is 31.7 Å². The molecule has 0 aromatic carbocycles. The SMILES string of the molecule is O=S(=O)(O)CCCS(=O)(=O)O.[H-].[H-].[Li+].[Li+]. The zero-order chi connectivity index (χ0) is 9.12. The Bertz CT molecular complexity index is 281. The van der Waals surface area contributed by atoms with E-state index in [9.17, 15) is 16.8 Å². The smallest absolute Gasteiger partial charge is 1.00 e. The number of rotatable bonds is 4. The van der Waals surface area contributed by atoms with Gasteiger partial charge in [0.05, 0.1) is 11.5 Å². The fourth-order valence-electron chi connectivity index (χ4n) is 0.424. The quantitative estimate of drug-likeness (QED) is 0.360. The van der Waals surface area contributed by atoms with Crippen LogP contribution in [0.5, 0.6) is 0 Å². The second-order valence-electron chi connectivity index (χ2n) is 1.93. The summed E-state index contributed by atoms with van der Waals surface area (Å²) in [6, 6.07) is 0. The summed E-state index contributed by atoms with van der Waals surface area (Å²) in [5, 5.41) is 0. The summed E-state index contributed by atoms with van der Waals surface area (Å²) < 4.78 is 56.2. The van der Waals surface area contributed by atoms with Crippen LogP contribution >= 0.6 is 0 Å². The molecular formula is C3H10Li2O6S2. The second kappa shape index (κ2) is 7.33. The predicted octanol–water partition coefficient (Wildman–Crippen LogP) is -6.61. The molecule has 6 nitrogen and oxygen atoms in total. The third-order valence-corrected chi connectivity index (χ3v) is 2.41. The number of hydrogen-bond donors (Lipinski definition) is 2. The maximum absolute atomic E-state index is 10.00. The molecule has 0 heterocycles. The van der Waals surface area contributed by atoms with E-state index in [2.05, 4.69) is 0 Å². The monoisotopic (exact) mass is 220 g/mol. The van der Waals surface area contributed by atoms with E-state index in [-0.39, 0.29) is 47.0 Å². The molecule has 0 saturated heterocycles. The molecular weight excluding hydrogens is 210 g/mol. The largest absolute Gasteiger partial charge is 1.00 e. The van der Waals surface area contributed by atoms with E-state index >= 15 is 0 Å². The summed E-state index contributed by atoms with van der Waals surface area (Å²) in [6.07, 6.45) is -0.308. The van der Waals surface area contributed by atoms with Gasteiger partial charge in [-0.25, -0.2) is 0 Å². The van der Waals surface area contributed by atoms with Crippen molar-refractivity contribution in [2.75, 3.05) is 11.5 Å². The maximum Gasteiger partial charge on any atom is 1.00 e. The second-order valence-corrected chi connectivity index (χ2v) is 5.07. The van der Waals surface area contributed by atoms with Crippen molar-refractivity contribution in [1.82, 2.24) is 0 Å². The molecule has 10 heteroatoms. The molecule has 0 aromatic heterocycles. The molecule has 0 aliphatic carbocycles. The van der Waals surface area contributed by atoms with Crippen LogP contribution in [0.4, 0.5) is 0 Å². The molecule has 0 saturated carbocycles. The minimum Gasteiger partial charge on any atom is -1.00 e. The van der Waals surface area contributed by atoms with Crippen molar-refractivity contribution in [3.8, 4) is 0 Å². The zero-order valence-corrected chi connectivity index (χ0v) is 9.10. The van der Waals surface area contributed by atoms with Crippen molar-refractivity contribution < 1.29 is 66.5 Å². The van der Waals surface area contributed by atoms with E-state index in [1.165, 1.54) is 0 Å². The van der Waals surface area contributed by atoms with Crippen LogP contribution in [0.25, 0.3) is 0 Å². The molecule has 0 aromatic rings. The van der Waals surface area contributed by atoms with E-state index in [1.807, 2.05) is 0 Å². The Labute approximate surface area is 104 Å². The Morgan fingerprint density at radius 1 is 0.846 bits per heavy atom. The minimum absolute atomic E-state index is 0. The van der Waals surface area contributed by atoms with Gasteiger partial charge in [0.15, 0.2) is 0 Å². The standard InChI is InChI=1S/C3H8O6S2.2Li.2H/c4-10(5,6)2-1-3-11(7,8)9;;;;/h1-3H2,(H,4,5,6)(H,7,8,9);;;;/q;2*+1;2*-1. The third-order valence-electron chi connectivity index (χ3n) is 0.805. The topological polar surface area (TPSA) is 109 Å². The molecule has 0 amide bonds. The molecule has 0 bridgehead atoms. The molecule has 72 valence electrons. The Balaban J connectivity index is -0.0000000833. The number of hydrogen-bond acceptors (Lipinski definition) is 4. The Morgan fingerprint density at radius 3 is 1.23 bits per heavy atom. The Kier molecular flexibility index (Phi) is 11.0. The van der Waals surface area contributed by atoms with Crippen molar-refractivity contribution >= 4 is 20.2 Å². The van der Waals surface area contributed by atoms with Crippen LogP contribution in [-0.4, -0.2) is 37.4 Å². The summed E-state index contributed by atoms with van der Waals surface area (Å²) in [4.78, 5) is 0. The fourth-order valence-corrected chi connectivity index (χ4v) is 1.62. The third kappa shape index (κ3) is 19.4. The first kappa shape index (κ1) is 19.6. The molecule has 13 heavy (non-hydrogen) atoms. The van der Waals surface area contributed by atoms with Gasteiger partial charge in [0.2, 0.25) is 0 Å². The van der Waals surface area contributed by atoms with E-state index in [1.54, 1.807) is 0 Å². The van der Waals surface area contributed by atoms with E-state index in [0.717, 1.165) is 0 Å². The van der Waals surface area contributed by atoms with Crippen molar-refractivity contribution in [2.45, 2.75) is 6.42 Å². The molecule has 0 rings (SSSR count). The van der Waals surface area contributed by atoms with Crippen LogP contribution in [0.2, 0.25) is 0 Å². The minimum atomic E-state index is -4.12. The van der Waals surface area contributed by atoms with Crippen LogP contribution in [0.15, 0.2) is 0 Å². The van der Waals surface area contributed by atoms with E-state index in [0.29, 0.717) is 0 Å². The van der Waals surface area contributed by atoms with Crippen LogP contribution in [0, 0.1) is 0 Å². The summed E-state index contributed by atoms with van der Waals surface area (Å²) in [6.45, 7) is 0. The molecule has 0 spiro atoms. The summed E-state index contributed by atoms with van der Waals surface area (Å²) >= 11 is 0. The Hall–Kier alpha value is 1.01. The van der Waals surface area contributed by atoms with Gasteiger partial charge in [-0.3, -0.25) is 9.11 Å². The average molecular weight is 220 g/mol. The maximum atomic E-state index is 10.00. The van der Waals surface area contributed by atoms with Gasteiger partial charge in [0.1, 0.15) is 0 Å². The van der Waals surface area contributed by atoms with Crippen LogP contribution < -0.4 is 37.7 Å².